The van der Waals surface area contributed by atoms with E-state index in [2.05, 4.69) is 13.0 Å². The van der Waals surface area contributed by atoms with Crippen LogP contribution in [0.3, 0.4) is 0 Å². The Hall–Kier alpha value is -1.18. The molecule has 0 bridgehead atoms. The topological polar surface area (TPSA) is 26.3 Å². The van der Waals surface area contributed by atoms with Crippen molar-refractivity contribution in [1.82, 2.24) is 0 Å². The molecule has 0 unspecified atom stereocenters. The Labute approximate surface area is 64.7 Å². The number of hydrogen-bond acceptors (Lipinski definition) is 2. The minimum Gasteiger partial charge on any atom is -0.286 e. The summed E-state index contributed by atoms with van der Waals surface area (Å²) in [7, 11) is 0. The summed E-state index contributed by atoms with van der Waals surface area (Å²) in [6, 6.07) is 6.05. The Morgan fingerprint density at radius 2 is 2.00 bits per heavy atom. The predicted octanol–water partition coefficient (Wildman–Crippen LogP) is 2.98. The van der Waals surface area contributed by atoms with Crippen molar-refractivity contribution >= 4 is 11.2 Å². The normalized spacial score (nSPS) is 11.0. The van der Waals surface area contributed by atoms with Crippen LogP contribution in [0, 0.1) is 0 Å². The first-order chi connectivity index (χ1) is 5.40. The molecule has 0 aliphatic heterocycles. The molecule has 0 fully saturated rings. The van der Waals surface area contributed by atoms with Gasteiger partial charge in [-0.2, -0.15) is 0 Å². The van der Waals surface area contributed by atoms with E-state index in [0.29, 0.717) is 0 Å². The average molecular weight is 150 g/mol. The Morgan fingerprint density at radius 1 is 1.18 bits per heavy atom. The lowest BCUT2D eigenvalue weighted by molar-refractivity contribution is 0.0588. The molecule has 0 aliphatic rings. The van der Waals surface area contributed by atoms with Gasteiger partial charge in [-0.1, -0.05) is 19.4 Å². The van der Waals surface area contributed by atoms with Crippen LogP contribution in [0.2, 0.25) is 0 Å². The minimum atomic E-state index is 0.852. The molecule has 58 valence electrons. The summed E-state index contributed by atoms with van der Waals surface area (Å²) in [5, 5.41) is 0. The van der Waals surface area contributed by atoms with Gasteiger partial charge in [0.25, 0.3) is 0 Å². The lowest BCUT2D eigenvalue weighted by Gasteiger charge is -2.00. The molecule has 2 rings (SSSR count). The van der Waals surface area contributed by atoms with Crippen LogP contribution < -0.4 is 0 Å². The van der Waals surface area contributed by atoms with Crippen molar-refractivity contribution in [3.63, 3.8) is 0 Å². The van der Waals surface area contributed by atoms with E-state index in [1.807, 2.05) is 12.1 Å². The number of rotatable bonds is 2. The van der Waals surface area contributed by atoms with Gasteiger partial charge in [0.05, 0.1) is 0 Å². The quantitative estimate of drug-likeness (QED) is 0.615. The second-order valence-electron chi connectivity index (χ2n) is 2.70. The summed E-state index contributed by atoms with van der Waals surface area (Å²) in [6.45, 7) is 2.16. The van der Waals surface area contributed by atoms with Gasteiger partial charge in [0.1, 0.15) is 0 Å². The van der Waals surface area contributed by atoms with Gasteiger partial charge in [0, 0.05) is 0 Å². The standard InChI is InChI=1S/C9H10O2/c1-2-3-7-4-5-8-9(6-7)11-10-8/h4-6H,2-3H2,1H3. The zero-order valence-corrected chi connectivity index (χ0v) is 6.46. The van der Waals surface area contributed by atoms with Crippen molar-refractivity contribution in [2.45, 2.75) is 19.8 Å². The van der Waals surface area contributed by atoms with Gasteiger partial charge in [0.15, 0.2) is 0 Å². The van der Waals surface area contributed by atoms with Gasteiger partial charge in [-0.25, -0.2) is 0 Å². The van der Waals surface area contributed by atoms with Crippen LogP contribution in [0.25, 0.3) is 11.2 Å². The summed E-state index contributed by atoms with van der Waals surface area (Å²) in [5.41, 5.74) is 3.04. The summed E-state index contributed by atoms with van der Waals surface area (Å²) < 4.78 is 9.47. The molecule has 1 aromatic heterocycles. The van der Waals surface area contributed by atoms with E-state index in [9.17, 15) is 0 Å². The van der Waals surface area contributed by atoms with Gasteiger partial charge < -0.3 is 0 Å². The third-order valence-corrected chi connectivity index (χ3v) is 1.77. The maximum absolute atomic E-state index is 4.76. The van der Waals surface area contributed by atoms with Gasteiger partial charge in [-0.15, -0.1) is 0 Å². The van der Waals surface area contributed by atoms with E-state index in [1.54, 1.807) is 0 Å². The zero-order chi connectivity index (χ0) is 7.68. The van der Waals surface area contributed by atoms with Gasteiger partial charge in [-0.05, 0) is 24.1 Å². The smallest absolute Gasteiger partial charge is 0.225 e. The molecule has 11 heavy (non-hydrogen) atoms. The van der Waals surface area contributed by atoms with Crippen molar-refractivity contribution in [1.29, 1.82) is 0 Å². The van der Waals surface area contributed by atoms with Crippen LogP contribution in [0.4, 0.5) is 0 Å². The summed E-state index contributed by atoms with van der Waals surface area (Å²) in [6.07, 6.45) is 2.27. The highest BCUT2D eigenvalue weighted by atomic mass is 17.0. The van der Waals surface area contributed by atoms with Crippen LogP contribution in [-0.2, 0) is 6.42 Å². The van der Waals surface area contributed by atoms with Crippen LogP contribution >= 0.6 is 0 Å². The largest absolute Gasteiger partial charge is 0.286 e. The Bertz CT molecular complexity index is 343. The fourth-order valence-corrected chi connectivity index (χ4v) is 1.19. The van der Waals surface area contributed by atoms with E-state index >= 15 is 0 Å². The molecule has 0 spiro atoms. The van der Waals surface area contributed by atoms with Crippen LogP contribution in [0.15, 0.2) is 27.4 Å². The Morgan fingerprint density at radius 3 is 2.55 bits per heavy atom. The number of aryl methyl sites for hydroxylation is 1. The molecule has 0 amide bonds. The van der Waals surface area contributed by atoms with Gasteiger partial charge in [0.2, 0.25) is 11.2 Å². The van der Waals surface area contributed by atoms with E-state index in [1.165, 1.54) is 12.0 Å². The van der Waals surface area contributed by atoms with Crippen molar-refractivity contribution in [3.05, 3.63) is 23.8 Å². The first kappa shape index (κ1) is 6.53. The Kier molecular flexibility index (Phi) is 1.46. The van der Waals surface area contributed by atoms with Crippen molar-refractivity contribution in [2.75, 3.05) is 0 Å². The predicted molar refractivity (Wildman–Crippen MR) is 42.5 cm³/mol. The lowest BCUT2D eigenvalue weighted by atomic mass is 10.1. The summed E-state index contributed by atoms with van der Waals surface area (Å²) in [5.74, 6) is 0. The molecule has 1 heterocycles. The van der Waals surface area contributed by atoms with E-state index in [-0.39, 0.29) is 0 Å². The SMILES string of the molecule is CCCc1ccc2ooc2c1. The van der Waals surface area contributed by atoms with E-state index < -0.39 is 0 Å². The molecule has 0 radical (unpaired) electrons. The highest BCUT2D eigenvalue weighted by Gasteiger charge is 2.03. The van der Waals surface area contributed by atoms with Crippen LogP contribution in [0.5, 0.6) is 0 Å². The summed E-state index contributed by atoms with van der Waals surface area (Å²) >= 11 is 0. The fourth-order valence-electron chi connectivity index (χ4n) is 1.19. The molecule has 0 saturated heterocycles. The lowest BCUT2D eigenvalue weighted by Crippen LogP contribution is -1.83. The molecule has 0 atom stereocenters. The van der Waals surface area contributed by atoms with Crippen LogP contribution in [0.1, 0.15) is 18.9 Å². The maximum atomic E-state index is 4.76. The molecule has 1 aromatic carbocycles. The molecule has 2 heteroatoms. The van der Waals surface area contributed by atoms with Crippen molar-refractivity contribution in [3.8, 4) is 0 Å². The van der Waals surface area contributed by atoms with E-state index in [4.69, 9.17) is 9.15 Å². The zero-order valence-electron chi connectivity index (χ0n) is 6.46. The minimum absolute atomic E-state index is 0.852. The molecule has 2 aromatic rings. The van der Waals surface area contributed by atoms with Crippen molar-refractivity contribution < 1.29 is 9.15 Å². The molecular weight excluding hydrogens is 140 g/mol. The first-order valence-electron chi connectivity index (χ1n) is 3.87. The monoisotopic (exact) mass is 150 g/mol. The summed E-state index contributed by atoms with van der Waals surface area (Å²) in [4.78, 5) is 0. The van der Waals surface area contributed by atoms with E-state index in [0.717, 1.165) is 17.6 Å². The highest BCUT2D eigenvalue weighted by molar-refractivity contribution is 5.71. The maximum Gasteiger partial charge on any atom is 0.225 e. The van der Waals surface area contributed by atoms with Crippen molar-refractivity contribution in [2.24, 2.45) is 0 Å². The van der Waals surface area contributed by atoms with Crippen LogP contribution in [-0.4, -0.2) is 0 Å². The molecule has 2 nitrogen and oxygen atoms in total. The first-order valence-corrected chi connectivity index (χ1v) is 3.87. The number of benzene rings is 1. The molecule has 0 saturated carbocycles. The second-order valence-corrected chi connectivity index (χ2v) is 2.70. The Balaban J connectivity index is 2.35. The highest BCUT2D eigenvalue weighted by Crippen LogP contribution is 2.19. The fraction of sp³-hybridized carbons (Fsp3) is 0.333. The van der Waals surface area contributed by atoms with Gasteiger partial charge in [-0.3, -0.25) is 9.15 Å². The number of fused-ring (bicyclic) bond motifs is 1. The molecule has 0 N–H and O–H groups in total. The number of hydrogen-bond donors (Lipinski definition) is 0. The molecule has 0 aliphatic carbocycles. The third-order valence-electron chi connectivity index (χ3n) is 1.77. The molecular formula is C9H10O2. The third kappa shape index (κ3) is 1.04. The average Bonchev–Trinajstić information content (AvgIpc) is 1.96. The van der Waals surface area contributed by atoms with Gasteiger partial charge >= 0.3 is 0 Å². The second kappa shape index (κ2) is 2.46.